The lowest BCUT2D eigenvalue weighted by Crippen LogP contribution is -2.39. The number of sulfonamides is 1. The summed E-state index contributed by atoms with van der Waals surface area (Å²) in [6, 6.07) is 10.6. The predicted octanol–water partition coefficient (Wildman–Crippen LogP) is 4.99. The maximum atomic E-state index is 13.5. The van der Waals surface area contributed by atoms with Crippen LogP contribution < -0.4 is 5.56 Å². The van der Waals surface area contributed by atoms with Crippen LogP contribution >= 0.6 is 0 Å². The summed E-state index contributed by atoms with van der Waals surface area (Å²) >= 11 is 0. The summed E-state index contributed by atoms with van der Waals surface area (Å²) in [6.45, 7) is 1.66. The van der Waals surface area contributed by atoms with Crippen LogP contribution in [0.2, 0.25) is 0 Å². The van der Waals surface area contributed by atoms with Gasteiger partial charge in [0, 0.05) is 18.2 Å². The second-order valence-electron chi connectivity index (χ2n) is 8.18. The molecule has 1 aliphatic carbocycles. The lowest BCUT2D eigenvalue weighted by atomic mass is 10.1. The highest BCUT2D eigenvalue weighted by atomic mass is 32.2. The molecule has 4 rings (SSSR count). The molecule has 1 N–H and O–H groups in total. The van der Waals surface area contributed by atoms with Crippen LogP contribution in [0.3, 0.4) is 0 Å². The number of aromatic amines is 1. The van der Waals surface area contributed by atoms with E-state index >= 15 is 0 Å². The van der Waals surface area contributed by atoms with Crippen LogP contribution in [-0.2, 0) is 22.7 Å². The zero-order valence-corrected chi connectivity index (χ0v) is 18.3. The number of H-pyrrole nitrogens is 1. The molecule has 1 heterocycles. The molecule has 0 amide bonds. The van der Waals surface area contributed by atoms with Crippen molar-refractivity contribution in [3.8, 4) is 0 Å². The first-order valence-corrected chi connectivity index (χ1v) is 11.8. The average Bonchev–Trinajstić information content (AvgIpc) is 3.26. The first-order chi connectivity index (χ1) is 15.1. The van der Waals surface area contributed by atoms with Gasteiger partial charge in [0.1, 0.15) is 0 Å². The van der Waals surface area contributed by atoms with E-state index in [2.05, 4.69) is 4.98 Å². The zero-order chi connectivity index (χ0) is 23.1. The number of benzene rings is 2. The summed E-state index contributed by atoms with van der Waals surface area (Å²) in [5.41, 5.74) is 0.383. The summed E-state index contributed by atoms with van der Waals surface area (Å²) in [4.78, 5) is 15.2. The lowest BCUT2D eigenvalue weighted by molar-refractivity contribution is -0.137. The molecule has 0 aliphatic heterocycles. The van der Waals surface area contributed by atoms with E-state index in [1.165, 1.54) is 10.4 Å². The van der Waals surface area contributed by atoms with Crippen molar-refractivity contribution in [3.63, 3.8) is 0 Å². The van der Waals surface area contributed by atoms with Gasteiger partial charge in [-0.25, -0.2) is 8.42 Å². The molecule has 1 fully saturated rings. The van der Waals surface area contributed by atoms with Gasteiger partial charge in [-0.05, 0) is 55.0 Å². The molecular weight excluding hydrogens is 441 g/mol. The van der Waals surface area contributed by atoms with Gasteiger partial charge in [-0.1, -0.05) is 37.1 Å². The molecule has 9 heteroatoms. The fourth-order valence-corrected chi connectivity index (χ4v) is 5.99. The molecule has 0 unspecified atom stereocenters. The van der Waals surface area contributed by atoms with Gasteiger partial charge in [0.25, 0.3) is 5.56 Å². The molecule has 0 atom stereocenters. The molecule has 0 radical (unpaired) electrons. The number of pyridine rings is 1. The van der Waals surface area contributed by atoms with Crippen molar-refractivity contribution in [2.24, 2.45) is 0 Å². The molecule has 1 saturated carbocycles. The van der Waals surface area contributed by atoms with E-state index in [1.54, 1.807) is 6.07 Å². The average molecular weight is 465 g/mol. The first kappa shape index (κ1) is 22.5. The molecule has 32 heavy (non-hydrogen) atoms. The number of hydrogen-bond acceptors (Lipinski definition) is 3. The SMILES string of the molecule is Cc1cccc2cc(CN(C3CCCC3)S(=O)(=O)c3cccc(C(F)(F)F)c3)c(=O)[nH]c12. The molecule has 170 valence electrons. The summed E-state index contributed by atoms with van der Waals surface area (Å²) in [5, 5.41) is 0.766. The second kappa shape index (κ2) is 8.37. The van der Waals surface area contributed by atoms with Gasteiger partial charge in [0.05, 0.1) is 16.0 Å². The van der Waals surface area contributed by atoms with E-state index in [9.17, 15) is 26.4 Å². The number of halogens is 3. The normalized spacial score (nSPS) is 15.7. The second-order valence-corrected chi connectivity index (χ2v) is 10.1. The van der Waals surface area contributed by atoms with Gasteiger partial charge in [0.15, 0.2) is 0 Å². The quantitative estimate of drug-likeness (QED) is 0.578. The summed E-state index contributed by atoms with van der Waals surface area (Å²) in [6.07, 6.45) is -1.80. The maximum absolute atomic E-state index is 13.5. The standard InChI is InChI=1S/C23H23F3N2O3S/c1-15-6-4-7-16-12-17(22(29)27-21(15)16)14-28(19-9-2-3-10-19)32(30,31)20-11-5-8-18(13-20)23(24,25)26/h4-8,11-13,19H,2-3,9-10,14H2,1H3,(H,27,29). The fraction of sp³-hybridized carbons (Fsp3) is 0.348. The molecule has 0 saturated heterocycles. The Balaban J connectivity index is 1.78. The van der Waals surface area contributed by atoms with Gasteiger partial charge in [-0.3, -0.25) is 4.79 Å². The highest BCUT2D eigenvalue weighted by Crippen LogP contribution is 2.34. The molecule has 0 bridgehead atoms. The van der Waals surface area contributed by atoms with Crippen molar-refractivity contribution in [1.29, 1.82) is 0 Å². The van der Waals surface area contributed by atoms with Crippen molar-refractivity contribution in [3.05, 3.63) is 75.6 Å². The number of nitrogens with zero attached hydrogens (tertiary/aromatic N) is 1. The van der Waals surface area contributed by atoms with Crippen LogP contribution in [0.4, 0.5) is 13.2 Å². The maximum Gasteiger partial charge on any atom is 0.416 e. The molecule has 3 aromatic rings. The van der Waals surface area contributed by atoms with Crippen LogP contribution in [0.25, 0.3) is 10.9 Å². The summed E-state index contributed by atoms with van der Waals surface area (Å²) in [7, 11) is -4.26. The van der Waals surface area contributed by atoms with E-state index in [0.29, 0.717) is 24.4 Å². The minimum atomic E-state index is -4.66. The Labute approximate surface area is 183 Å². The van der Waals surface area contributed by atoms with Crippen LogP contribution in [-0.4, -0.2) is 23.7 Å². The minimum Gasteiger partial charge on any atom is -0.321 e. The Morgan fingerprint density at radius 2 is 1.75 bits per heavy atom. The topological polar surface area (TPSA) is 70.2 Å². The third kappa shape index (κ3) is 4.31. The van der Waals surface area contributed by atoms with Crippen molar-refractivity contribution in [2.45, 2.75) is 56.3 Å². The third-order valence-corrected chi connectivity index (χ3v) is 7.89. The van der Waals surface area contributed by atoms with Crippen molar-refractivity contribution < 1.29 is 21.6 Å². The monoisotopic (exact) mass is 464 g/mol. The van der Waals surface area contributed by atoms with Crippen LogP contribution in [0.5, 0.6) is 0 Å². The van der Waals surface area contributed by atoms with Crippen molar-refractivity contribution in [1.82, 2.24) is 9.29 Å². The number of aromatic nitrogens is 1. The Morgan fingerprint density at radius 3 is 2.44 bits per heavy atom. The number of alkyl halides is 3. The van der Waals surface area contributed by atoms with Gasteiger partial charge >= 0.3 is 6.18 Å². The lowest BCUT2D eigenvalue weighted by Gasteiger charge is -2.28. The van der Waals surface area contributed by atoms with E-state index in [4.69, 9.17) is 0 Å². The van der Waals surface area contributed by atoms with E-state index in [0.717, 1.165) is 35.9 Å². The third-order valence-electron chi connectivity index (χ3n) is 5.99. The molecule has 0 spiro atoms. The Hall–Kier alpha value is -2.65. The van der Waals surface area contributed by atoms with Crippen LogP contribution in [0, 0.1) is 6.92 Å². The number of nitrogens with one attached hydrogen (secondary N) is 1. The summed E-state index contributed by atoms with van der Waals surface area (Å²) in [5.74, 6) is 0. The van der Waals surface area contributed by atoms with Crippen LogP contribution in [0.15, 0.2) is 58.2 Å². The smallest absolute Gasteiger partial charge is 0.321 e. The number of fused-ring (bicyclic) bond motifs is 1. The Bertz CT molecular complexity index is 1310. The van der Waals surface area contributed by atoms with Crippen LogP contribution in [0.1, 0.15) is 42.4 Å². The number of para-hydroxylation sites is 1. The van der Waals surface area contributed by atoms with Gasteiger partial charge < -0.3 is 4.98 Å². The zero-order valence-electron chi connectivity index (χ0n) is 17.4. The number of hydrogen-bond donors (Lipinski definition) is 1. The minimum absolute atomic E-state index is 0.206. The molecule has 2 aromatic carbocycles. The summed E-state index contributed by atoms with van der Waals surface area (Å²) < 4.78 is 67.7. The molecule has 1 aromatic heterocycles. The Kier molecular flexibility index (Phi) is 5.89. The predicted molar refractivity (Wildman–Crippen MR) is 116 cm³/mol. The van der Waals surface area contributed by atoms with Gasteiger partial charge in [-0.2, -0.15) is 17.5 Å². The fourth-order valence-electron chi connectivity index (χ4n) is 4.28. The van der Waals surface area contributed by atoms with E-state index in [-0.39, 0.29) is 18.2 Å². The molecule has 1 aliphatic rings. The van der Waals surface area contributed by atoms with Crippen molar-refractivity contribution in [2.75, 3.05) is 0 Å². The first-order valence-electron chi connectivity index (χ1n) is 10.4. The Morgan fingerprint density at radius 1 is 1.06 bits per heavy atom. The number of rotatable bonds is 5. The van der Waals surface area contributed by atoms with Gasteiger partial charge in [-0.15, -0.1) is 0 Å². The van der Waals surface area contributed by atoms with E-state index < -0.39 is 32.2 Å². The molecular formula is C23H23F3N2O3S. The van der Waals surface area contributed by atoms with Crippen molar-refractivity contribution >= 4 is 20.9 Å². The van der Waals surface area contributed by atoms with E-state index in [1.807, 2.05) is 25.1 Å². The highest BCUT2D eigenvalue weighted by Gasteiger charge is 2.36. The molecule has 5 nitrogen and oxygen atoms in total. The van der Waals surface area contributed by atoms with Gasteiger partial charge in [0.2, 0.25) is 10.0 Å². The largest absolute Gasteiger partial charge is 0.416 e. The highest BCUT2D eigenvalue weighted by molar-refractivity contribution is 7.89. The number of aryl methyl sites for hydroxylation is 1.